The van der Waals surface area contributed by atoms with Crippen molar-refractivity contribution < 1.29 is 18.4 Å². The van der Waals surface area contributed by atoms with Gasteiger partial charge in [-0.15, -0.1) is 10.2 Å². The van der Waals surface area contributed by atoms with E-state index in [1.54, 1.807) is 30.3 Å². The number of likely N-dealkylation sites (N-methyl/N-ethyl adjacent to an activating group) is 1. The van der Waals surface area contributed by atoms with Gasteiger partial charge in [0.15, 0.2) is 0 Å². The number of hydrogen-bond donors (Lipinski definition) is 1. The summed E-state index contributed by atoms with van der Waals surface area (Å²) in [7, 11) is 1.52. The van der Waals surface area contributed by atoms with E-state index in [9.17, 15) is 14.0 Å². The lowest BCUT2D eigenvalue weighted by molar-refractivity contribution is -0.116. The fourth-order valence-electron chi connectivity index (χ4n) is 3.26. The average molecular weight is 444 g/mol. The minimum atomic E-state index is -0.454. The Hall–Kier alpha value is -4.33. The number of nitrogens with zero attached hydrogens (tertiary/aromatic N) is 3. The third kappa shape index (κ3) is 5.30. The van der Waals surface area contributed by atoms with Crippen molar-refractivity contribution in [3.05, 3.63) is 89.7 Å². The minimum absolute atomic E-state index is 0.180. The molecule has 4 rings (SSSR count). The van der Waals surface area contributed by atoms with Crippen molar-refractivity contribution in [1.29, 1.82) is 0 Å². The number of aryl methyl sites for hydroxylation is 1. The van der Waals surface area contributed by atoms with Gasteiger partial charge in [0.25, 0.3) is 5.91 Å². The van der Waals surface area contributed by atoms with E-state index in [0.29, 0.717) is 28.6 Å². The predicted molar refractivity (Wildman–Crippen MR) is 122 cm³/mol. The SMILES string of the molecule is Cc1cccc(-c2nnc(-c3ccc(C(=O)N(C)CC(=O)Nc4cccc(F)c4)cc3)o2)c1. The maximum absolute atomic E-state index is 13.3. The molecule has 0 aliphatic rings. The van der Waals surface area contributed by atoms with E-state index in [1.807, 2.05) is 31.2 Å². The zero-order valence-corrected chi connectivity index (χ0v) is 18.1. The molecule has 0 fully saturated rings. The zero-order chi connectivity index (χ0) is 23.4. The number of nitrogens with one attached hydrogen (secondary N) is 1. The highest BCUT2D eigenvalue weighted by Crippen LogP contribution is 2.24. The molecule has 0 radical (unpaired) electrons. The topological polar surface area (TPSA) is 88.3 Å². The largest absolute Gasteiger partial charge is 0.416 e. The summed E-state index contributed by atoms with van der Waals surface area (Å²) in [6.07, 6.45) is 0. The molecule has 0 bridgehead atoms. The molecule has 0 saturated heterocycles. The van der Waals surface area contributed by atoms with Crippen molar-refractivity contribution in [3.63, 3.8) is 0 Å². The molecule has 7 nitrogen and oxygen atoms in total. The first-order chi connectivity index (χ1) is 15.9. The highest BCUT2D eigenvalue weighted by Gasteiger charge is 2.17. The Morgan fingerprint density at radius 2 is 1.64 bits per heavy atom. The summed E-state index contributed by atoms with van der Waals surface area (Å²) >= 11 is 0. The monoisotopic (exact) mass is 444 g/mol. The van der Waals surface area contributed by atoms with Gasteiger partial charge in [0.1, 0.15) is 5.82 Å². The molecule has 0 atom stereocenters. The third-order valence-corrected chi connectivity index (χ3v) is 4.90. The van der Waals surface area contributed by atoms with Gasteiger partial charge in [0.05, 0.1) is 6.54 Å². The van der Waals surface area contributed by atoms with Crippen LogP contribution in [0.1, 0.15) is 15.9 Å². The Morgan fingerprint density at radius 1 is 0.939 bits per heavy atom. The van der Waals surface area contributed by atoms with Gasteiger partial charge >= 0.3 is 0 Å². The average Bonchev–Trinajstić information content (AvgIpc) is 3.29. The van der Waals surface area contributed by atoms with E-state index in [1.165, 1.54) is 30.1 Å². The van der Waals surface area contributed by atoms with Crippen molar-refractivity contribution in [3.8, 4) is 22.9 Å². The first kappa shape index (κ1) is 21.9. The molecule has 3 aromatic carbocycles. The summed E-state index contributed by atoms with van der Waals surface area (Å²) in [5.74, 6) is -0.458. The second-order valence-electron chi connectivity index (χ2n) is 7.58. The highest BCUT2D eigenvalue weighted by atomic mass is 19.1. The normalized spacial score (nSPS) is 10.6. The number of carbonyl (C=O) groups excluding carboxylic acids is 2. The van der Waals surface area contributed by atoms with Crippen molar-refractivity contribution in [2.75, 3.05) is 18.9 Å². The van der Waals surface area contributed by atoms with Crippen LogP contribution in [0.15, 0.2) is 77.2 Å². The van der Waals surface area contributed by atoms with Crippen LogP contribution in [0.2, 0.25) is 0 Å². The van der Waals surface area contributed by atoms with Crippen LogP contribution in [0, 0.1) is 12.7 Å². The molecule has 166 valence electrons. The summed E-state index contributed by atoms with van der Waals surface area (Å²) in [4.78, 5) is 26.2. The second-order valence-corrected chi connectivity index (χ2v) is 7.58. The minimum Gasteiger partial charge on any atom is -0.416 e. The smallest absolute Gasteiger partial charge is 0.254 e. The molecule has 1 heterocycles. The van der Waals surface area contributed by atoms with E-state index in [4.69, 9.17) is 4.42 Å². The predicted octanol–water partition coefficient (Wildman–Crippen LogP) is 4.56. The number of halogens is 1. The molecular weight excluding hydrogens is 423 g/mol. The van der Waals surface area contributed by atoms with Crippen molar-refractivity contribution in [2.24, 2.45) is 0 Å². The summed E-state index contributed by atoms with van der Waals surface area (Å²) in [6, 6.07) is 20.0. The van der Waals surface area contributed by atoms with Crippen molar-refractivity contribution in [2.45, 2.75) is 6.92 Å². The molecule has 33 heavy (non-hydrogen) atoms. The molecule has 2 amide bonds. The fourth-order valence-corrected chi connectivity index (χ4v) is 3.26. The molecule has 0 unspecified atom stereocenters. The first-order valence-electron chi connectivity index (χ1n) is 10.2. The zero-order valence-electron chi connectivity index (χ0n) is 18.1. The molecule has 1 N–H and O–H groups in total. The van der Waals surface area contributed by atoms with Gasteiger partial charge in [-0.25, -0.2) is 4.39 Å². The fraction of sp³-hybridized carbons (Fsp3) is 0.120. The standard InChI is InChI=1S/C25H21FN4O3/c1-16-5-3-6-19(13-16)24-29-28-23(33-24)17-9-11-18(12-10-17)25(32)30(2)15-22(31)27-21-8-4-7-20(26)14-21/h3-14H,15H2,1-2H3,(H,27,31). The summed E-state index contributed by atoms with van der Waals surface area (Å²) in [5.41, 5.74) is 3.32. The van der Waals surface area contributed by atoms with Gasteiger partial charge in [0, 0.05) is 29.4 Å². The Morgan fingerprint density at radius 3 is 2.33 bits per heavy atom. The molecule has 8 heteroatoms. The number of amides is 2. The van der Waals surface area contributed by atoms with Crippen LogP contribution in [0.4, 0.5) is 10.1 Å². The maximum Gasteiger partial charge on any atom is 0.254 e. The lowest BCUT2D eigenvalue weighted by atomic mass is 10.1. The van der Waals surface area contributed by atoms with Crippen LogP contribution in [0.25, 0.3) is 22.9 Å². The molecule has 1 aromatic heterocycles. The van der Waals surface area contributed by atoms with Crippen LogP contribution < -0.4 is 5.32 Å². The third-order valence-electron chi connectivity index (χ3n) is 4.90. The number of anilines is 1. The van der Waals surface area contributed by atoms with Gasteiger partial charge in [-0.3, -0.25) is 9.59 Å². The Kier molecular flexibility index (Phi) is 6.26. The number of benzene rings is 3. The number of carbonyl (C=O) groups is 2. The molecule has 0 aliphatic heterocycles. The second kappa shape index (κ2) is 9.44. The molecule has 0 aliphatic carbocycles. The number of hydrogen-bond acceptors (Lipinski definition) is 5. The van der Waals surface area contributed by atoms with Gasteiger partial charge in [-0.2, -0.15) is 0 Å². The van der Waals surface area contributed by atoms with E-state index >= 15 is 0 Å². The maximum atomic E-state index is 13.3. The van der Waals surface area contributed by atoms with E-state index in [-0.39, 0.29) is 12.5 Å². The number of rotatable bonds is 6. The van der Waals surface area contributed by atoms with Gasteiger partial charge in [0.2, 0.25) is 17.7 Å². The summed E-state index contributed by atoms with van der Waals surface area (Å²) < 4.78 is 19.0. The van der Waals surface area contributed by atoms with Gasteiger partial charge in [-0.1, -0.05) is 23.8 Å². The van der Waals surface area contributed by atoms with Gasteiger partial charge < -0.3 is 14.6 Å². The highest BCUT2D eigenvalue weighted by molar-refractivity contribution is 5.99. The molecule has 4 aromatic rings. The Labute approximate surface area is 189 Å². The van der Waals surface area contributed by atoms with Crippen LogP contribution in [-0.2, 0) is 4.79 Å². The lowest BCUT2D eigenvalue weighted by Crippen LogP contribution is -2.34. The van der Waals surface area contributed by atoms with Crippen LogP contribution in [-0.4, -0.2) is 40.5 Å². The van der Waals surface area contributed by atoms with Crippen molar-refractivity contribution >= 4 is 17.5 Å². The molecule has 0 spiro atoms. The van der Waals surface area contributed by atoms with Crippen LogP contribution >= 0.6 is 0 Å². The summed E-state index contributed by atoms with van der Waals surface area (Å²) in [6.45, 7) is 1.80. The number of aromatic nitrogens is 2. The van der Waals surface area contributed by atoms with Crippen LogP contribution in [0.5, 0.6) is 0 Å². The van der Waals surface area contributed by atoms with Crippen LogP contribution in [0.3, 0.4) is 0 Å². The van der Waals surface area contributed by atoms with Crippen molar-refractivity contribution in [1.82, 2.24) is 15.1 Å². The Balaban J connectivity index is 1.40. The van der Waals surface area contributed by atoms with E-state index < -0.39 is 11.7 Å². The molecular formula is C25H21FN4O3. The Bertz CT molecular complexity index is 1300. The van der Waals surface area contributed by atoms with E-state index in [0.717, 1.165) is 11.1 Å². The van der Waals surface area contributed by atoms with E-state index in [2.05, 4.69) is 15.5 Å². The van der Waals surface area contributed by atoms with Gasteiger partial charge in [-0.05, 0) is 61.5 Å². The lowest BCUT2D eigenvalue weighted by Gasteiger charge is -2.17. The molecule has 0 saturated carbocycles. The quantitative estimate of drug-likeness (QED) is 0.471. The first-order valence-corrected chi connectivity index (χ1v) is 10.2. The summed E-state index contributed by atoms with van der Waals surface area (Å²) in [5, 5.41) is 10.8.